The summed E-state index contributed by atoms with van der Waals surface area (Å²) in [6.45, 7) is 8.12. The molecular weight excluding hydrogens is 335 g/mol. The zero-order valence-electron chi connectivity index (χ0n) is 15.8. The Labute approximate surface area is 154 Å². The average molecular weight is 362 g/mol. The van der Waals surface area contributed by atoms with Crippen molar-refractivity contribution in [3.8, 4) is 0 Å². The van der Waals surface area contributed by atoms with E-state index in [1.54, 1.807) is 21.9 Å². The number of ether oxygens (including phenoxy) is 1. The fourth-order valence-electron chi connectivity index (χ4n) is 3.81. The third kappa shape index (κ3) is 4.00. The van der Waals surface area contributed by atoms with Gasteiger partial charge in [-0.2, -0.15) is 0 Å². The lowest BCUT2D eigenvalue weighted by atomic mass is 9.78. The predicted octanol–water partition coefficient (Wildman–Crippen LogP) is 3.69. The summed E-state index contributed by atoms with van der Waals surface area (Å²) < 4.78 is 19.3. The Kier molecular flexibility index (Phi) is 4.95. The van der Waals surface area contributed by atoms with Gasteiger partial charge in [-0.25, -0.2) is 9.18 Å². The lowest BCUT2D eigenvalue weighted by Gasteiger charge is -2.39. The lowest BCUT2D eigenvalue weighted by Crippen LogP contribution is -2.46. The van der Waals surface area contributed by atoms with Gasteiger partial charge in [0.25, 0.3) is 5.91 Å². The maximum absolute atomic E-state index is 13.9. The molecule has 5 nitrogen and oxygen atoms in total. The Balaban J connectivity index is 1.59. The van der Waals surface area contributed by atoms with E-state index in [2.05, 4.69) is 0 Å². The summed E-state index contributed by atoms with van der Waals surface area (Å²) >= 11 is 0. The predicted molar refractivity (Wildman–Crippen MR) is 96.4 cm³/mol. The second-order valence-electron chi connectivity index (χ2n) is 8.42. The number of piperidine rings is 1. The van der Waals surface area contributed by atoms with E-state index in [9.17, 15) is 14.0 Å². The average Bonchev–Trinajstić information content (AvgIpc) is 2.97. The first kappa shape index (κ1) is 18.7. The number of likely N-dealkylation sites (tertiary alicyclic amines) is 2. The summed E-state index contributed by atoms with van der Waals surface area (Å²) in [5.74, 6) is -0.715. The second kappa shape index (κ2) is 6.89. The molecule has 0 N–H and O–H groups in total. The fourth-order valence-corrected chi connectivity index (χ4v) is 3.81. The van der Waals surface area contributed by atoms with Crippen LogP contribution in [0.3, 0.4) is 0 Å². The van der Waals surface area contributed by atoms with Crippen LogP contribution >= 0.6 is 0 Å². The zero-order valence-corrected chi connectivity index (χ0v) is 15.8. The Morgan fingerprint density at radius 3 is 2.19 bits per heavy atom. The Morgan fingerprint density at radius 2 is 1.62 bits per heavy atom. The topological polar surface area (TPSA) is 49.9 Å². The number of amides is 2. The lowest BCUT2D eigenvalue weighted by molar-refractivity contribution is 0.0108. The molecule has 2 heterocycles. The van der Waals surface area contributed by atoms with Gasteiger partial charge in [0.05, 0.1) is 5.56 Å². The van der Waals surface area contributed by atoms with E-state index in [4.69, 9.17) is 4.74 Å². The summed E-state index contributed by atoms with van der Waals surface area (Å²) in [7, 11) is 0. The van der Waals surface area contributed by atoms with E-state index in [0.717, 1.165) is 19.3 Å². The first-order valence-electron chi connectivity index (χ1n) is 9.21. The smallest absolute Gasteiger partial charge is 0.410 e. The minimum absolute atomic E-state index is 0.0272. The van der Waals surface area contributed by atoms with Crippen LogP contribution in [0, 0.1) is 11.2 Å². The largest absolute Gasteiger partial charge is 0.444 e. The summed E-state index contributed by atoms with van der Waals surface area (Å²) in [6, 6.07) is 6.12. The highest BCUT2D eigenvalue weighted by molar-refractivity contribution is 5.94. The second-order valence-corrected chi connectivity index (χ2v) is 8.42. The molecule has 2 saturated heterocycles. The third-order valence-corrected chi connectivity index (χ3v) is 5.31. The highest BCUT2D eigenvalue weighted by Crippen LogP contribution is 2.41. The molecule has 0 bridgehead atoms. The molecule has 142 valence electrons. The molecule has 0 aliphatic carbocycles. The Bertz CT molecular complexity index is 691. The molecule has 1 spiro atoms. The maximum atomic E-state index is 13.9. The molecule has 2 aliphatic rings. The van der Waals surface area contributed by atoms with Crippen molar-refractivity contribution >= 4 is 12.0 Å². The highest BCUT2D eigenvalue weighted by atomic mass is 19.1. The molecule has 0 unspecified atom stereocenters. The molecule has 0 saturated carbocycles. The molecule has 26 heavy (non-hydrogen) atoms. The van der Waals surface area contributed by atoms with E-state index >= 15 is 0 Å². The molecule has 2 aliphatic heterocycles. The van der Waals surface area contributed by atoms with Crippen LogP contribution < -0.4 is 0 Å². The van der Waals surface area contributed by atoms with Crippen LogP contribution in [-0.2, 0) is 4.74 Å². The standard InChI is InChI=1S/C20H27FN2O3/c1-19(2,3)26-18(25)22-11-8-20(9-12-22)10-13-23(14-20)17(24)15-6-4-5-7-16(15)21/h4-7H,8-14H2,1-3H3. The zero-order chi connectivity index (χ0) is 18.9. The van der Waals surface area contributed by atoms with E-state index in [1.807, 2.05) is 20.8 Å². The minimum atomic E-state index is -0.497. The van der Waals surface area contributed by atoms with E-state index in [-0.39, 0.29) is 23.0 Å². The van der Waals surface area contributed by atoms with Crippen molar-refractivity contribution in [3.63, 3.8) is 0 Å². The monoisotopic (exact) mass is 362 g/mol. The van der Waals surface area contributed by atoms with Crippen molar-refractivity contribution in [3.05, 3.63) is 35.6 Å². The van der Waals surface area contributed by atoms with Crippen molar-refractivity contribution in [1.29, 1.82) is 0 Å². The SMILES string of the molecule is CC(C)(C)OC(=O)N1CCC2(CC1)CCN(C(=O)c1ccccc1F)C2. The van der Waals surface area contributed by atoms with Gasteiger partial charge in [0, 0.05) is 26.2 Å². The summed E-state index contributed by atoms with van der Waals surface area (Å²) in [4.78, 5) is 28.3. The van der Waals surface area contributed by atoms with Crippen molar-refractivity contribution in [2.75, 3.05) is 26.2 Å². The van der Waals surface area contributed by atoms with Crippen LogP contribution in [0.1, 0.15) is 50.4 Å². The molecule has 1 aromatic carbocycles. The first-order chi connectivity index (χ1) is 12.2. The number of rotatable bonds is 1. The van der Waals surface area contributed by atoms with E-state index in [0.29, 0.717) is 26.2 Å². The molecule has 3 rings (SSSR count). The highest BCUT2D eigenvalue weighted by Gasteiger charge is 2.43. The minimum Gasteiger partial charge on any atom is -0.444 e. The summed E-state index contributed by atoms with van der Waals surface area (Å²) in [5, 5.41) is 0. The van der Waals surface area contributed by atoms with Gasteiger partial charge < -0.3 is 14.5 Å². The van der Waals surface area contributed by atoms with Gasteiger partial charge in [0.1, 0.15) is 11.4 Å². The number of carbonyl (C=O) groups excluding carboxylic acids is 2. The fraction of sp³-hybridized carbons (Fsp3) is 0.600. The van der Waals surface area contributed by atoms with E-state index < -0.39 is 11.4 Å². The molecular formula is C20H27FN2O3. The van der Waals surface area contributed by atoms with Gasteiger partial charge in [-0.1, -0.05) is 12.1 Å². The van der Waals surface area contributed by atoms with Gasteiger partial charge >= 0.3 is 6.09 Å². The van der Waals surface area contributed by atoms with Crippen molar-refractivity contribution in [2.24, 2.45) is 5.41 Å². The number of halogens is 1. The van der Waals surface area contributed by atoms with Crippen LogP contribution in [0.2, 0.25) is 0 Å². The van der Waals surface area contributed by atoms with Crippen LogP contribution in [0.15, 0.2) is 24.3 Å². The van der Waals surface area contributed by atoms with Gasteiger partial charge in [-0.15, -0.1) is 0 Å². The van der Waals surface area contributed by atoms with Gasteiger partial charge in [-0.3, -0.25) is 4.79 Å². The van der Waals surface area contributed by atoms with Crippen LogP contribution in [0.5, 0.6) is 0 Å². The Morgan fingerprint density at radius 1 is 1.04 bits per heavy atom. The molecule has 0 aromatic heterocycles. The van der Waals surface area contributed by atoms with Gasteiger partial charge in [-0.05, 0) is 57.6 Å². The molecule has 2 fully saturated rings. The summed E-state index contributed by atoms with van der Waals surface area (Å²) in [5.41, 5.74) is -0.335. The van der Waals surface area contributed by atoms with Crippen molar-refractivity contribution < 1.29 is 18.7 Å². The van der Waals surface area contributed by atoms with Crippen LogP contribution in [-0.4, -0.2) is 53.6 Å². The Hall–Kier alpha value is -2.11. The number of carbonyl (C=O) groups is 2. The molecule has 0 atom stereocenters. The number of nitrogens with zero attached hydrogens (tertiary/aromatic N) is 2. The first-order valence-corrected chi connectivity index (χ1v) is 9.21. The van der Waals surface area contributed by atoms with Crippen LogP contribution in [0.25, 0.3) is 0 Å². The maximum Gasteiger partial charge on any atom is 0.410 e. The molecule has 2 amide bonds. The number of hydrogen-bond donors (Lipinski definition) is 0. The van der Waals surface area contributed by atoms with Crippen molar-refractivity contribution in [2.45, 2.75) is 45.6 Å². The summed E-state index contributed by atoms with van der Waals surface area (Å²) in [6.07, 6.45) is 2.31. The normalized spacial score (nSPS) is 19.7. The molecule has 0 radical (unpaired) electrons. The third-order valence-electron chi connectivity index (χ3n) is 5.31. The van der Waals surface area contributed by atoms with Crippen LogP contribution in [0.4, 0.5) is 9.18 Å². The van der Waals surface area contributed by atoms with Gasteiger partial charge in [0.2, 0.25) is 0 Å². The molecule has 6 heteroatoms. The number of benzene rings is 1. The quantitative estimate of drug-likeness (QED) is 0.766. The van der Waals surface area contributed by atoms with Crippen molar-refractivity contribution in [1.82, 2.24) is 9.80 Å². The molecule has 1 aromatic rings. The number of hydrogen-bond acceptors (Lipinski definition) is 3. The van der Waals surface area contributed by atoms with Gasteiger partial charge in [0.15, 0.2) is 0 Å². The van der Waals surface area contributed by atoms with E-state index in [1.165, 1.54) is 12.1 Å².